The van der Waals surface area contributed by atoms with Gasteiger partial charge in [-0.1, -0.05) is 41.4 Å². The minimum absolute atomic E-state index is 0.0768. The van der Waals surface area contributed by atoms with Gasteiger partial charge in [0.15, 0.2) is 11.5 Å². The van der Waals surface area contributed by atoms with Crippen LogP contribution in [0.25, 0.3) is 0 Å². The first-order valence-electron chi connectivity index (χ1n) is 7.86. The average molecular weight is 393 g/mol. The molecule has 26 heavy (non-hydrogen) atoms. The number of nitriles is 1. The molecular weight excluding hydrogens is 375 g/mol. The molecule has 2 aromatic rings. The number of rotatable bonds is 7. The van der Waals surface area contributed by atoms with E-state index in [4.69, 9.17) is 32.7 Å². The Balaban J connectivity index is 1.94. The smallest absolute Gasteiger partial charge is 0.224 e. The molecular formula is C19H18Cl2N2O3. The predicted octanol–water partition coefficient (Wildman–Crippen LogP) is 4.46. The molecule has 0 saturated carbocycles. The number of carbonyl (C=O) groups is 1. The molecule has 1 N–H and O–H groups in total. The van der Waals surface area contributed by atoms with Crippen molar-refractivity contribution in [2.75, 3.05) is 13.7 Å². The molecule has 5 nitrogen and oxygen atoms in total. The van der Waals surface area contributed by atoms with Crippen LogP contribution in [-0.2, 0) is 4.79 Å². The summed E-state index contributed by atoms with van der Waals surface area (Å²) in [5.74, 6) is 0.824. The van der Waals surface area contributed by atoms with Gasteiger partial charge in [-0.25, -0.2) is 0 Å². The molecule has 0 aliphatic heterocycles. The van der Waals surface area contributed by atoms with Crippen molar-refractivity contribution >= 4 is 29.1 Å². The highest BCUT2D eigenvalue weighted by molar-refractivity contribution is 6.42. The average Bonchev–Trinajstić information content (AvgIpc) is 2.63. The van der Waals surface area contributed by atoms with E-state index in [9.17, 15) is 10.1 Å². The molecule has 0 heterocycles. The monoisotopic (exact) mass is 392 g/mol. The van der Waals surface area contributed by atoms with Crippen LogP contribution in [0.2, 0.25) is 10.0 Å². The second-order valence-electron chi connectivity index (χ2n) is 5.53. The van der Waals surface area contributed by atoms with E-state index in [1.807, 2.05) is 25.1 Å². The largest absolute Gasteiger partial charge is 0.493 e. The number of ether oxygens (including phenoxy) is 2. The Morgan fingerprint density at radius 2 is 2.04 bits per heavy atom. The van der Waals surface area contributed by atoms with Crippen LogP contribution in [0.4, 0.5) is 0 Å². The van der Waals surface area contributed by atoms with Crippen molar-refractivity contribution in [2.24, 2.45) is 0 Å². The van der Waals surface area contributed by atoms with Crippen molar-refractivity contribution in [3.8, 4) is 17.6 Å². The van der Waals surface area contributed by atoms with E-state index in [0.29, 0.717) is 22.1 Å². The Bertz CT molecular complexity index is 834. The van der Waals surface area contributed by atoms with Crippen molar-refractivity contribution in [1.82, 2.24) is 5.32 Å². The number of nitrogens with one attached hydrogen (secondary N) is 1. The van der Waals surface area contributed by atoms with Crippen LogP contribution in [-0.4, -0.2) is 19.6 Å². The second-order valence-corrected chi connectivity index (χ2v) is 6.31. The Kier molecular flexibility index (Phi) is 7.14. The summed E-state index contributed by atoms with van der Waals surface area (Å²) in [5.41, 5.74) is 1.50. The summed E-state index contributed by atoms with van der Waals surface area (Å²) in [5, 5.41) is 12.5. The number of carbonyl (C=O) groups excluding carboxylic acids is 1. The van der Waals surface area contributed by atoms with Gasteiger partial charge in [0.2, 0.25) is 5.91 Å². The van der Waals surface area contributed by atoms with Gasteiger partial charge >= 0.3 is 0 Å². The molecule has 0 saturated heterocycles. The fraction of sp³-hybridized carbons (Fsp3) is 0.263. The number of hydrogen-bond donors (Lipinski definition) is 1. The van der Waals surface area contributed by atoms with Gasteiger partial charge in [0, 0.05) is 5.56 Å². The van der Waals surface area contributed by atoms with Crippen molar-refractivity contribution < 1.29 is 14.3 Å². The van der Waals surface area contributed by atoms with Crippen LogP contribution in [0.5, 0.6) is 11.5 Å². The zero-order valence-electron chi connectivity index (χ0n) is 14.4. The van der Waals surface area contributed by atoms with Gasteiger partial charge in [0.05, 0.1) is 36.3 Å². The lowest BCUT2D eigenvalue weighted by Gasteiger charge is -2.15. The van der Waals surface area contributed by atoms with E-state index in [1.165, 1.54) is 0 Å². The highest BCUT2D eigenvalue weighted by atomic mass is 35.5. The highest BCUT2D eigenvalue weighted by Gasteiger charge is 2.18. The minimum atomic E-state index is -0.886. The number of nitrogens with zero attached hydrogens (tertiary/aromatic N) is 1. The number of benzene rings is 2. The molecule has 0 spiro atoms. The lowest BCUT2D eigenvalue weighted by atomic mass is 10.1. The molecule has 2 aromatic carbocycles. The van der Waals surface area contributed by atoms with Gasteiger partial charge in [-0.05, 0) is 30.7 Å². The van der Waals surface area contributed by atoms with Crippen LogP contribution < -0.4 is 14.8 Å². The summed E-state index contributed by atoms with van der Waals surface area (Å²) >= 11 is 12.1. The normalized spacial score (nSPS) is 11.3. The SMILES string of the molecule is COc1cc(C)ccc1OCCC(=O)NC(C#N)c1cccc(Cl)c1Cl. The Labute approximate surface area is 162 Å². The van der Waals surface area contributed by atoms with Crippen molar-refractivity contribution in [3.05, 3.63) is 57.6 Å². The van der Waals surface area contributed by atoms with Gasteiger partial charge in [0.1, 0.15) is 6.04 Å². The van der Waals surface area contributed by atoms with Gasteiger partial charge in [-0.3, -0.25) is 4.79 Å². The van der Waals surface area contributed by atoms with E-state index in [2.05, 4.69) is 5.32 Å². The van der Waals surface area contributed by atoms with E-state index in [0.717, 1.165) is 5.56 Å². The molecule has 0 aliphatic rings. The molecule has 136 valence electrons. The maximum Gasteiger partial charge on any atom is 0.224 e. The van der Waals surface area contributed by atoms with E-state index in [1.54, 1.807) is 31.4 Å². The number of hydrogen-bond acceptors (Lipinski definition) is 4. The number of aryl methyl sites for hydroxylation is 1. The lowest BCUT2D eigenvalue weighted by molar-refractivity contribution is -0.122. The van der Waals surface area contributed by atoms with Gasteiger partial charge in [-0.15, -0.1) is 0 Å². The zero-order chi connectivity index (χ0) is 19.1. The molecule has 0 aromatic heterocycles. The van der Waals surface area contributed by atoms with Gasteiger partial charge in [0.25, 0.3) is 0 Å². The molecule has 0 aliphatic carbocycles. The van der Waals surface area contributed by atoms with Gasteiger partial charge < -0.3 is 14.8 Å². The third-order valence-corrected chi connectivity index (χ3v) is 4.47. The first kappa shape index (κ1) is 19.9. The number of halogens is 2. The molecule has 0 radical (unpaired) electrons. The fourth-order valence-corrected chi connectivity index (χ4v) is 2.72. The lowest BCUT2D eigenvalue weighted by Crippen LogP contribution is -2.29. The molecule has 0 fully saturated rings. The molecule has 1 amide bonds. The topological polar surface area (TPSA) is 71.3 Å². The van der Waals surface area contributed by atoms with Crippen LogP contribution >= 0.6 is 23.2 Å². The maximum atomic E-state index is 12.1. The minimum Gasteiger partial charge on any atom is -0.493 e. The number of methoxy groups -OCH3 is 1. The quantitative estimate of drug-likeness (QED) is 0.754. The first-order chi connectivity index (χ1) is 12.5. The molecule has 7 heteroatoms. The first-order valence-corrected chi connectivity index (χ1v) is 8.62. The third-order valence-electron chi connectivity index (χ3n) is 3.63. The standard InChI is InChI=1S/C19H18Cl2N2O3/c1-12-6-7-16(17(10-12)25-2)26-9-8-18(24)23-15(11-22)13-4-3-5-14(20)19(13)21/h3-7,10,15H,8-9H2,1-2H3,(H,23,24). The Morgan fingerprint density at radius 3 is 2.73 bits per heavy atom. The molecule has 0 bridgehead atoms. The Morgan fingerprint density at radius 1 is 1.27 bits per heavy atom. The van der Waals surface area contributed by atoms with Crippen molar-refractivity contribution in [1.29, 1.82) is 5.26 Å². The van der Waals surface area contributed by atoms with Gasteiger partial charge in [-0.2, -0.15) is 5.26 Å². The van der Waals surface area contributed by atoms with Crippen molar-refractivity contribution in [3.63, 3.8) is 0 Å². The number of amides is 1. The molecule has 1 unspecified atom stereocenters. The van der Waals surface area contributed by atoms with E-state index < -0.39 is 6.04 Å². The highest BCUT2D eigenvalue weighted by Crippen LogP contribution is 2.30. The van der Waals surface area contributed by atoms with E-state index in [-0.39, 0.29) is 24.0 Å². The van der Waals surface area contributed by atoms with Crippen LogP contribution in [0.15, 0.2) is 36.4 Å². The van der Waals surface area contributed by atoms with Crippen LogP contribution in [0.3, 0.4) is 0 Å². The summed E-state index contributed by atoms with van der Waals surface area (Å²) < 4.78 is 10.9. The Hall–Kier alpha value is -2.42. The third kappa shape index (κ3) is 5.04. The predicted molar refractivity (Wildman–Crippen MR) is 101 cm³/mol. The summed E-state index contributed by atoms with van der Waals surface area (Å²) in [7, 11) is 1.56. The zero-order valence-corrected chi connectivity index (χ0v) is 15.9. The summed E-state index contributed by atoms with van der Waals surface area (Å²) in [6, 6.07) is 11.6. The summed E-state index contributed by atoms with van der Waals surface area (Å²) in [4.78, 5) is 12.1. The fourth-order valence-electron chi connectivity index (χ4n) is 2.30. The van der Waals surface area contributed by atoms with E-state index >= 15 is 0 Å². The molecule has 2 rings (SSSR count). The van der Waals surface area contributed by atoms with Crippen molar-refractivity contribution in [2.45, 2.75) is 19.4 Å². The van der Waals surface area contributed by atoms with Crippen LogP contribution in [0.1, 0.15) is 23.6 Å². The second kappa shape index (κ2) is 9.33. The maximum absolute atomic E-state index is 12.1. The van der Waals surface area contributed by atoms with Crippen LogP contribution in [0, 0.1) is 18.3 Å². The molecule has 1 atom stereocenters. The summed E-state index contributed by atoms with van der Waals surface area (Å²) in [6.07, 6.45) is 0.0768. The summed E-state index contributed by atoms with van der Waals surface area (Å²) in [6.45, 7) is 2.09.